The minimum absolute atomic E-state index is 0.109. The molecule has 1 rings (SSSR count). The Balaban J connectivity index is 2.67. The molecule has 1 unspecified atom stereocenters. The van der Waals surface area contributed by atoms with Crippen molar-refractivity contribution < 1.29 is 4.39 Å². The largest absolute Gasteiger partial charge is 0.295 e. The highest BCUT2D eigenvalue weighted by atomic mass is 19.1. The van der Waals surface area contributed by atoms with Crippen LogP contribution in [0.1, 0.15) is 34.6 Å². The van der Waals surface area contributed by atoms with E-state index in [1.165, 1.54) is 0 Å². The SMILES string of the molecule is CC1(C)CN(C(C)(C)C)CC1F. The number of nitrogens with zero attached hydrogens (tertiary/aromatic N) is 1. The second-order valence-corrected chi connectivity index (χ2v) is 5.51. The summed E-state index contributed by atoms with van der Waals surface area (Å²) in [6, 6.07) is 0. The Bertz CT molecular complexity index is 169. The first-order chi connectivity index (χ1) is 5.23. The van der Waals surface area contributed by atoms with Crippen molar-refractivity contribution in [2.24, 2.45) is 5.41 Å². The lowest BCUT2D eigenvalue weighted by Gasteiger charge is -2.32. The molecule has 0 amide bonds. The second-order valence-electron chi connectivity index (χ2n) is 5.51. The van der Waals surface area contributed by atoms with E-state index in [4.69, 9.17) is 0 Å². The summed E-state index contributed by atoms with van der Waals surface area (Å²) in [5.74, 6) is 0. The Kier molecular flexibility index (Phi) is 2.24. The van der Waals surface area contributed by atoms with Gasteiger partial charge in [-0.3, -0.25) is 4.90 Å². The van der Waals surface area contributed by atoms with Crippen LogP contribution in [0.25, 0.3) is 0 Å². The smallest absolute Gasteiger partial charge is 0.119 e. The van der Waals surface area contributed by atoms with E-state index in [-0.39, 0.29) is 11.0 Å². The minimum Gasteiger partial charge on any atom is -0.295 e. The average Bonchev–Trinajstić information content (AvgIpc) is 2.06. The van der Waals surface area contributed by atoms with Crippen LogP contribution >= 0.6 is 0 Å². The summed E-state index contributed by atoms with van der Waals surface area (Å²) in [5.41, 5.74) is -0.0502. The molecule has 1 fully saturated rings. The fourth-order valence-electron chi connectivity index (χ4n) is 1.61. The normalized spacial score (nSPS) is 31.0. The van der Waals surface area contributed by atoms with Gasteiger partial charge in [-0.15, -0.1) is 0 Å². The quantitative estimate of drug-likeness (QED) is 0.544. The van der Waals surface area contributed by atoms with E-state index >= 15 is 0 Å². The van der Waals surface area contributed by atoms with Crippen LogP contribution < -0.4 is 0 Å². The molecular formula is C10H20FN. The minimum atomic E-state index is -0.670. The summed E-state index contributed by atoms with van der Waals surface area (Å²) in [6.45, 7) is 11.9. The fourth-order valence-corrected chi connectivity index (χ4v) is 1.61. The lowest BCUT2D eigenvalue weighted by molar-refractivity contribution is 0.156. The lowest BCUT2D eigenvalue weighted by atomic mass is 9.91. The topological polar surface area (TPSA) is 3.24 Å². The van der Waals surface area contributed by atoms with Gasteiger partial charge in [0, 0.05) is 24.0 Å². The van der Waals surface area contributed by atoms with Gasteiger partial charge in [-0.2, -0.15) is 0 Å². The van der Waals surface area contributed by atoms with Crippen molar-refractivity contribution in [1.29, 1.82) is 0 Å². The lowest BCUT2D eigenvalue weighted by Crippen LogP contribution is -2.40. The highest BCUT2D eigenvalue weighted by Crippen LogP contribution is 2.35. The molecule has 1 aliphatic rings. The zero-order valence-electron chi connectivity index (χ0n) is 8.82. The molecule has 0 aromatic heterocycles. The molecule has 0 spiro atoms. The van der Waals surface area contributed by atoms with Crippen molar-refractivity contribution in [3.05, 3.63) is 0 Å². The first-order valence-electron chi connectivity index (χ1n) is 4.62. The maximum Gasteiger partial charge on any atom is 0.119 e. The molecule has 1 heterocycles. The maximum atomic E-state index is 13.4. The molecule has 1 saturated heterocycles. The maximum absolute atomic E-state index is 13.4. The van der Waals surface area contributed by atoms with Gasteiger partial charge in [0.2, 0.25) is 0 Å². The Morgan fingerprint density at radius 1 is 1.33 bits per heavy atom. The fraction of sp³-hybridized carbons (Fsp3) is 1.00. The zero-order valence-corrected chi connectivity index (χ0v) is 8.82. The van der Waals surface area contributed by atoms with E-state index in [0.29, 0.717) is 6.54 Å². The molecule has 1 atom stereocenters. The van der Waals surface area contributed by atoms with Gasteiger partial charge in [0.25, 0.3) is 0 Å². The number of hydrogen-bond acceptors (Lipinski definition) is 1. The molecule has 12 heavy (non-hydrogen) atoms. The number of halogens is 1. The first-order valence-corrected chi connectivity index (χ1v) is 4.62. The van der Waals surface area contributed by atoms with Crippen LogP contribution in [-0.2, 0) is 0 Å². The predicted octanol–water partition coefficient (Wildman–Crippen LogP) is 2.46. The summed E-state index contributed by atoms with van der Waals surface area (Å²) in [4.78, 5) is 2.22. The number of hydrogen-bond donors (Lipinski definition) is 0. The summed E-state index contributed by atoms with van der Waals surface area (Å²) in [6.07, 6.45) is -0.670. The van der Waals surface area contributed by atoms with Crippen LogP contribution in [0, 0.1) is 5.41 Å². The van der Waals surface area contributed by atoms with Crippen LogP contribution in [0.15, 0.2) is 0 Å². The van der Waals surface area contributed by atoms with Crippen LogP contribution in [0.2, 0.25) is 0 Å². The van der Waals surface area contributed by atoms with E-state index < -0.39 is 6.17 Å². The van der Waals surface area contributed by atoms with Crippen LogP contribution in [0.5, 0.6) is 0 Å². The van der Waals surface area contributed by atoms with Gasteiger partial charge >= 0.3 is 0 Å². The van der Waals surface area contributed by atoms with Gasteiger partial charge in [0.1, 0.15) is 6.17 Å². The molecule has 0 bridgehead atoms. The Hall–Kier alpha value is -0.110. The van der Waals surface area contributed by atoms with Crippen LogP contribution in [0.3, 0.4) is 0 Å². The van der Waals surface area contributed by atoms with Crippen LogP contribution in [-0.4, -0.2) is 29.7 Å². The van der Waals surface area contributed by atoms with Crippen molar-refractivity contribution >= 4 is 0 Å². The molecular weight excluding hydrogens is 153 g/mol. The average molecular weight is 173 g/mol. The monoisotopic (exact) mass is 173 g/mol. The van der Waals surface area contributed by atoms with E-state index in [1.54, 1.807) is 0 Å². The Morgan fingerprint density at radius 3 is 2.00 bits per heavy atom. The molecule has 2 heteroatoms. The summed E-state index contributed by atoms with van der Waals surface area (Å²) < 4.78 is 13.4. The molecule has 0 aromatic rings. The number of rotatable bonds is 0. The van der Waals surface area contributed by atoms with Crippen molar-refractivity contribution in [2.75, 3.05) is 13.1 Å². The molecule has 0 aliphatic carbocycles. The third-order valence-corrected chi connectivity index (χ3v) is 2.78. The van der Waals surface area contributed by atoms with Crippen molar-refractivity contribution in [2.45, 2.75) is 46.3 Å². The van der Waals surface area contributed by atoms with Crippen molar-refractivity contribution in [3.63, 3.8) is 0 Å². The van der Waals surface area contributed by atoms with Gasteiger partial charge < -0.3 is 0 Å². The third kappa shape index (κ3) is 1.79. The van der Waals surface area contributed by atoms with E-state index in [2.05, 4.69) is 25.7 Å². The Labute approximate surface area is 74.9 Å². The third-order valence-electron chi connectivity index (χ3n) is 2.78. The van der Waals surface area contributed by atoms with Gasteiger partial charge in [-0.25, -0.2) is 4.39 Å². The van der Waals surface area contributed by atoms with E-state index in [9.17, 15) is 4.39 Å². The molecule has 0 saturated carbocycles. The van der Waals surface area contributed by atoms with Gasteiger partial charge in [-0.05, 0) is 20.8 Å². The molecule has 0 N–H and O–H groups in total. The second kappa shape index (κ2) is 2.69. The van der Waals surface area contributed by atoms with Crippen molar-refractivity contribution in [1.82, 2.24) is 4.90 Å². The van der Waals surface area contributed by atoms with Crippen molar-refractivity contribution in [3.8, 4) is 0 Å². The molecule has 1 aliphatic heterocycles. The first kappa shape index (κ1) is 9.97. The summed E-state index contributed by atoms with van der Waals surface area (Å²) in [7, 11) is 0. The predicted molar refractivity (Wildman–Crippen MR) is 50.0 cm³/mol. The van der Waals surface area contributed by atoms with E-state index in [1.807, 2.05) is 13.8 Å². The Morgan fingerprint density at radius 2 is 1.83 bits per heavy atom. The van der Waals surface area contributed by atoms with E-state index in [0.717, 1.165) is 6.54 Å². The highest BCUT2D eigenvalue weighted by Gasteiger charge is 2.42. The standard InChI is InChI=1S/C10H20FN/c1-9(2,3)12-6-8(11)10(4,5)7-12/h8H,6-7H2,1-5H3. The molecule has 1 nitrogen and oxygen atoms in total. The van der Waals surface area contributed by atoms with Gasteiger partial charge in [0.05, 0.1) is 0 Å². The molecule has 72 valence electrons. The summed E-state index contributed by atoms with van der Waals surface area (Å²) in [5, 5.41) is 0. The molecule has 0 radical (unpaired) electrons. The highest BCUT2D eigenvalue weighted by molar-refractivity contribution is 4.95. The molecule has 0 aromatic carbocycles. The van der Waals surface area contributed by atoms with Crippen LogP contribution in [0.4, 0.5) is 4.39 Å². The van der Waals surface area contributed by atoms with Gasteiger partial charge in [0.15, 0.2) is 0 Å². The number of alkyl halides is 1. The summed E-state index contributed by atoms with van der Waals surface area (Å²) >= 11 is 0. The number of likely N-dealkylation sites (tertiary alicyclic amines) is 1. The zero-order chi connectivity index (χ0) is 9.57. The van der Waals surface area contributed by atoms with Gasteiger partial charge in [-0.1, -0.05) is 13.8 Å².